The Labute approximate surface area is 1050 Å². The molecule has 2 heterocycles. The predicted octanol–water partition coefficient (Wildman–Crippen LogP) is 51.7. The molecule has 3 N–H and O–H groups in total. The third kappa shape index (κ3) is 49.8. The maximum absolute atomic E-state index is 12.5. The summed E-state index contributed by atoms with van der Waals surface area (Å²) in [5.74, 6) is -2.69. The van der Waals surface area contributed by atoms with Crippen molar-refractivity contribution in [3.05, 3.63) is 114 Å². The van der Waals surface area contributed by atoms with Gasteiger partial charge in [-0.25, -0.2) is 9.59 Å². The van der Waals surface area contributed by atoms with Gasteiger partial charge in [-0.15, -0.1) is 8.80 Å². The van der Waals surface area contributed by atoms with Gasteiger partial charge in [0, 0.05) is 20.0 Å². The minimum absolute atomic E-state index is 0. The van der Waals surface area contributed by atoms with Crippen molar-refractivity contribution in [1.29, 1.82) is 0 Å². The number of Topliss-reactive ketones (excluding diaryl/α,β-unsaturated/α-hetero) is 2. The average molecular weight is 8010 g/mol. The van der Waals surface area contributed by atoms with E-state index in [9.17, 15) is 41.1 Å². The Kier molecular flexibility index (Phi) is 96.9. The summed E-state index contributed by atoms with van der Waals surface area (Å²) in [6.07, 6.45) is 1.83. The van der Waals surface area contributed by atoms with Gasteiger partial charge in [0.1, 0.15) is 9.79 Å². The molecule has 14 nitrogen and oxygen atoms in total. The number of halogens is 57. The van der Waals surface area contributed by atoms with Crippen molar-refractivity contribution < 1.29 is 59.1 Å². The Morgan fingerprint density at radius 3 is 0.937 bits per heavy atom. The fourth-order valence-electron chi connectivity index (χ4n) is 6.37. The molecule has 2 aliphatic rings. The fourth-order valence-corrected chi connectivity index (χ4v) is 10300. The molecule has 73 heteroatoms. The minimum atomic E-state index is -3.93. The summed E-state index contributed by atoms with van der Waals surface area (Å²) >= 11 is 96.8. The molecule has 0 radical (unpaired) electrons. The maximum Gasteiger partial charge on any atom is 0.335 e. The van der Waals surface area contributed by atoms with E-state index in [1.54, 1.807) is 66.7 Å². The van der Waals surface area contributed by atoms with Gasteiger partial charge < -0.3 is 20.5 Å². The molecule has 4 aromatic carbocycles. The van der Waals surface area contributed by atoms with Crippen molar-refractivity contribution >= 4 is 838 Å². The van der Waals surface area contributed by atoms with Crippen molar-refractivity contribution in [3.8, 4) is 0 Å². The van der Waals surface area contributed by atoms with Crippen LogP contribution in [0.1, 0.15) is 65.0 Å². The summed E-state index contributed by atoms with van der Waals surface area (Å²) in [5, 5.41) is 14.8. The molecule has 0 amide bonds. The van der Waals surface area contributed by atoms with Crippen LogP contribution in [0.4, 0.5) is 11.4 Å². The van der Waals surface area contributed by atoms with Crippen molar-refractivity contribution in [2.45, 2.75) is 55.7 Å². The molecule has 0 bridgehead atoms. The van der Waals surface area contributed by atoms with Crippen molar-refractivity contribution in [2.24, 2.45) is 8.80 Å². The molecule has 0 aromatic heterocycles. The number of ether oxygens (including phenoxy) is 1. The number of ketones is 2. The number of hydrogen-bond acceptors (Lipinski definition) is 11. The van der Waals surface area contributed by atoms with Gasteiger partial charge in [0.25, 0.3) is 20.0 Å². The van der Waals surface area contributed by atoms with Gasteiger partial charge in [0.05, 0.1) is 29.6 Å². The van der Waals surface area contributed by atoms with Crippen LogP contribution in [0.15, 0.2) is 104 Å². The number of anilines is 2. The minimum Gasteiger partial charge on any atom is -0.478 e. The monoisotopic (exact) mass is 8010 g/mol. The number of fused-ring (bicyclic) bond motifs is 2. The number of carboxylic acids is 1. The fraction of sp³-hybridized carbons (Fsp3) is 0.211. The molecule has 0 spiro atoms. The van der Waals surface area contributed by atoms with E-state index >= 15 is 0 Å². The number of carbonyl (C=O) groups excluding carboxylic acids is 3. The van der Waals surface area contributed by atoms with Crippen LogP contribution in [0, 0.1) is 7.14 Å². The summed E-state index contributed by atoms with van der Waals surface area (Å²) in [6, 6.07) is 23.3. The number of esters is 1. The number of carboxylic acid groups (broad SMARTS) is 1. The Morgan fingerprint density at radius 2 is 0.667 bits per heavy atom. The van der Waals surface area contributed by atoms with Gasteiger partial charge in [-0.1, -0.05) is 43.8 Å². The number of rotatable bonds is 38. The molecule has 4 aromatic rings. The van der Waals surface area contributed by atoms with E-state index in [4.69, 9.17) is 4.74 Å². The van der Waals surface area contributed by atoms with Gasteiger partial charge in [0.2, 0.25) is 0 Å². The van der Waals surface area contributed by atoms with Crippen LogP contribution in [0.3, 0.4) is 0 Å². The standard InChI is InChI=1S/C19H17IN2O5S.C18H15IN2O5S.CH4.I55/c1-27-19(24)14-7-3-2-5-12(14)6-4-8-16(23)18-21-15-10-9-13(20)11-17(15)28(25,26)22-18;19-12-8-9-14-16(10-12)27(25,26)21-17(20-14)15(22)7-3-5-11-4-1-2-6-13(11)18(23)24;;1-29-31(4)33(6)35(8)37(10)39(12)41(14)43(16)45(18)47(20)49(22)51(24)53(26)55(28)54(27)52(25)50(23)48(21)46(19)44(17)42(15)40(13)38(11)36(9)34(7)32(5)30(2)3/h2-3,5,7,9-11H,4,6,8H2,1H3,(H,21,22);1-2,4,6,8-10H,3,5,7H2,(H,20,21)(H,23,24);1H4;/q;;;-1. The molecule has 0 saturated carbocycles. The zero-order valence-corrected chi connectivity index (χ0v) is 174. The number of carbonyl (C=O) groups is 4. The van der Waals surface area contributed by atoms with Crippen molar-refractivity contribution in [2.75, 3.05) is 17.7 Å². The normalized spacial score (nSPS) is 16.5. The van der Waals surface area contributed by atoms with Crippen LogP contribution >= 0.6 is 772 Å². The Balaban J connectivity index is 0.000000472. The quantitative estimate of drug-likeness (QED) is 0.0282. The number of aryl methyl sites for hydroxylation is 2. The molecular formula is C38H36I57N4O10S2-. The third-order valence-corrected chi connectivity index (χ3v) is 4230. The number of benzene rings is 4. The first-order chi connectivity index (χ1) is 51.1. The molecule has 680 valence electrons. The van der Waals surface area contributed by atoms with E-state index in [-0.39, 0.29) is 47.3 Å². The summed E-state index contributed by atoms with van der Waals surface area (Å²) < 4.78 is 62.8. The van der Waals surface area contributed by atoms with Gasteiger partial charge >= 0.3 is 752 Å². The molecule has 0 atom stereocenters. The summed E-state index contributed by atoms with van der Waals surface area (Å²) in [6.45, 7) is 0. The van der Waals surface area contributed by atoms with E-state index in [1.165, 1.54) is 25.3 Å². The molecule has 0 fully saturated rings. The molecular weight excluding hydrogens is 7970 g/mol. The number of sulfonamides is 2. The Hall–Kier alpha value is 35.6. The summed E-state index contributed by atoms with van der Waals surface area (Å²) in [7, 11) is -20.6. The second-order valence-corrected chi connectivity index (χ2v) is 1310. The van der Waals surface area contributed by atoms with Gasteiger partial charge in [0.15, 0.2) is 23.2 Å². The number of amidine groups is 2. The van der Waals surface area contributed by atoms with Crippen molar-refractivity contribution in [1.82, 2.24) is 0 Å². The molecule has 6 rings (SSSR count). The number of nitrogens with one attached hydrogen (secondary N) is 2. The summed E-state index contributed by atoms with van der Waals surface area (Å²) in [5.41, 5.74) is 2.72. The second-order valence-electron chi connectivity index (χ2n) is 16.3. The molecule has 0 aliphatic carbocycles. The first-order valence-corrected chi connectivity index (χ1v) is 369. The van der Waals surface area contributed by atoms with Crippen LogP contribution in [0.25, 0.3) is 0 Å². The topological polar surface area (TPSA) is 215 Å². The first-order valence-electron chi connectivity index (χ1n) is 24.2. The van der Waals surface area contributed by atoms with Crippen LogP contribution in [-0.2, 0) is 47.2 Å². The SMILES string of the molecule is C.COC(=O)c1ccccc1CCCC(=O)C1=NS(=O)(=O)c2cc(I)ccc2N1.I[I-]I(I)I(I)I(I)I(I)I(I)I(I)I(I)I(I)I(I)I(I)I(I)I(I)I(I)I(I)I(I)I(I)I(I)I(I)I(I)I(I)I(I)I(I)I(I)I(I)I(I)I(I)I.O=C(CCCc1ccccc1C(=O)O)C1=NS(=O)(=O)c2cc(I)ccc2N1. The largest absolute Gasteiger partial charge is 0.478 e. The van der Waals surface area contributed by atoms with Crippen LogP contribution < -0.4 is 23.9 Å². The molecule has 0 unspecified atom stereocenters. The smallest absolute Gasteiger partial charge is 0.335 e. The van der Waals surface area contributed by atoms with E-state index in [0.29, 0.717) is 61.4 Å². The van der Waals surface area contributed by atoms with Crippen molar-refractivity contribution in [3.63, 3.8) is 0 Å². The number of nitrogens with zero attached hydrogens (tertiary/aromatic N) is 2. The Bertz CT molecular complexity index is 4030. The first kappa shape index (κ1) is 141. The zero-order valence-electron chi connectivity index (χ0n) is 49.7. The van der Waals surface area contributed by atoms with Crippen LogP contribution in [0.5, 0.6) is 0 Å². The van der Waals surface area contributed by atoms with Gasteiger partial charge in [-0.3, -0.25) is 9.59 Å². The number of hydrogen-bond donors (Lipinski definition) is 3. The predicted molar refractivity (Wildman–Crippen MR) is 986 cm³/mol. The zero-order chi connectivity index (χ0) is 83.6. The summed E-state index contributed by atoms with van der Waals surface area (Å²) in [4.78, 5) is 48.0. The second kappa shape index (κ2) is 76.4. The van der Waals surface area contributed by atoms with E-state index in [1.807, 2.05) is 45.2 Å². The molecule has 0 saturated heterocycles. The van der Waals surface area contributed by atoms with Gasteiger partial charge in [-0.2, -0.15) is 16.8 Å². The number of methoxy groups -OCH3 is 1. The van der Waals surface area contributed by atoms with E-state index in [2.05, 4.69) is 541 Å². The van der Waals surface area contributed by atoms with Gasteiger partial charge in [-0.05, 0) is 131 Å². The van der Waals surface area contributed by atoms with E-state index in [0.717, 1.165) is 12.7 Å². The molecule has 2 aliphatic heterocycles. The molecule has 111 heavy (non-hydrogen) atoms. The van der Waals surface area contributed by atoms with Crippen LogP contribution in [0.2, 0.25) is 0 Å². The number of aromatic carboxylic acids is 1. The third-order valence-electron chi connectivity index (χ3n) is 10.4. The Morgan fingerprint density at radius 1 is 0.405 bits per heavy atom. The average Bonchev–Trinajstić information content (AvgIpc) is 0.779. The van der Waals surface area contributed by atoms with E-state index < -0.39 is 249 Å². The maximum atomic E-state index is 12.5. The van der Waals surface area contributed by atoms with Crippen LogP contribution in [-0.4, -0.2) is 64.2 Å².